The van der Waals surface area contributed by atoms with Crippen molar-refractivity contribution >= 4 is 27.2 Å². The molecule has 0 saturated heterocycles. The van der Waals surface area contributed by atoms with Crippen LogP contribution in [-0.2, 0) is 0 Å². The summed E-state index contributed by atoms with van der Waals surface area (Å²) in [6.45, 7) is 4.23. The lowest BCUT2D eigenvalue weighted by Gasteiger charge is -2.07. The molecule has 0 atom stereocenters. The van der Waals surface area contributed by atoms with Crippen molar-refractivity contribution in [3.63, 3.8) is 0 Å². The first-order valence-corrected chi connectivity index (χ1v) is 8.56. The van der Waals surface area contributed by atoms with E-state index in [9.17, 15) is 0 Å². The molecule has 25 heavy (non-hydrogen) atoms. The number of hydrogen-bond donors (Lipinski definition) is 0. The van der Waals surface area contributed by atoms with Crippen LogP contribution < -0.4 is 0 Å². The van der Waals surface area contributed by atoms with Crippen LogP contribution in [0.1, 0.15) is 11.1 Å². The summed E-state index contributed by atoms with van der Waals surface area (Å²) in [4.78, 5) is 4.61. The zero-order valence-corrected chi connectivity index (χ0v) is 14.3. The Morgan fingerprint density at radius 3 is 2.48 bits per heavy atom. The van der Waals surface area contributed by atoms with E-state index >= 15 is 0 Å². The molecule has 120 valence electrons. The van der Waals surface area contributed by atoms with Gasteiger partial charge in [0.25, 0.3) is 0 Å². The number of aromatic nitrogens is 2. The molecule has 3 heterocycles. The topological polar surface area (TPSA) is 17.3 Å². The minimum absolute atomic E-state index is 1.03. The summed E-state index contributed by atoms with van der Waals surface area (Å²) in [5.74, 6) is 0. The molecule has 2 heteroatoms. The van der Waals surface area contributed by atoms with Crippen LogP contribution in [0.4, 0.5) is 0 Å². The number of fused-ring (bicyclic) bond motifs is 4. The second-order valence-corrected chi connectivity index (χ2v) is 6.77. The molecule has 0 aliphatic carbocycles. The van der Waals surface area contributed by atoms with Crippen molar-refractivity contribution in [3.8, 4) is 11.3 Å². The van der Waals surface area contributed by atoms with Crippen molar-refractivity contribution in [3.05, 3.63) is 84.2 Å². The predicted molar refractivity (Wildman–Crippen MR) is 105 cm³/mol. The van der Waals surface area contributed by atoms with Crippen molar-refractivity contribution < 1.29 is 0 Å². The lowest BCUT2D eigenvalue weighted by Crippen LogP contribution is -1.89. The predicted octanol–water partition coefficient (Wildman–Crippen LogP) is 5.92. The Morgan fingerprint density at radius 2 is 1.60 bits per heavy atom. The van der Waals surface area contributed by atoms with Crippen LogP contribution in [-0.4, -0.2) is 9.38 Å². The molecule has 0 unspecified atom stereocenters. The zero-order chi connectivity index (χ0) is 17.0. The van der Waals surface area contributed by atoms with E-state index in [2.05, 4.69) is 90.1 Å². The summed E-state index contributed by atoms with van der Waals surface area (Å²) < 4.78 is 2.27. The SMILES string of the molecule is Cc1cnc(-c2ccc3cc4cc5ccccc5n4cc3c2)cc1C. The monoisotopic (exact) mass is 322 g/mol. The minimum Gasteiger partial charge on any atom is -0.316 e. The maximum absolute atomic E-state index is 4.61. The van der Waals surface area contributed by atoms with Gasteiger partial charge in [0.05, 0.1) is 11.2 Å². The quantitative estimate of drug-likeness (QED) is 0.374. The standard InChI is InChI=1S/C23H18N2/c1-15-9-22(24-13-16(15)2)18-8-7-17-11-21-12-19-5-3-4-6-23(19)25(21)14-20(17)10-18/h3-14H,1-2H3. The molecule has 0 aliphatic rings. The Hall–Kier alpha value is -3.13. The number of aryl methyl sites for hydroxylation is 2. The highest BCUT2D eigenvalue weighted by molar-refractivity contribution is 5.94. The first-order valence-electron chi connectivity index (χ1n) is 8.56. The Bertz CT molecular complexity index is 1260. The third kappa shape index (κ3) is 2.22. The number of benzene rings is 2. The second-order valence-electron chi connectivity index (χ2n) is 6.77. The molecule has 0 fully saturated rings. The summed E-state index contributed by atoms with van der Waals surface area (Å²) in [6, 6.07) is 21.8. The smallest absolute Gasteiger partial charge is 0.0705 e. The molecule has 5 aromatic rings. The number of nitrogens with zero attached hydrogens (tertiary/aromatic N) is 2. The molecule has 0 radical (unpaired) electrons. The maximum atomic E-state index is 4.61. The van der Waals surface area contributed by atoms with Crippen molar-refractivity contribution in [1.29, 1.82) is 0 Å². The van der Waals surface area contributed by atoms with Gasteiger partial charge in [-0.05, 0) is 66.1 Å². The first kappa shape index (κ1) is 14.2. The minimum atomic E-state index is 1.03. The van der Waals surface area contributed by atoms with Crippen LogP contribution in [0.2, 0.25) is 0 Å². The van der Waals surface area contributed by atoms with E-state index in [-0.39, 0.29) is 0 Å². The van der Waals surface area contributed by atoms with Gasteiger partial charge in [-0.1, -0.05) is 30.3 Å². The number of pyridine rings is 2. The van der Waals surface area contributed by atoms with Gasteiger partial charge in [0.2, 0.25) is 0 Å². The van der Waals surface area contributed by atoms with Crippen molar-refractivity contribution in [1.82, 2.24) is 9.38 Å². The Balaban J connectivity index is 1.76. The summed E-state index contributed by atoms with van der Waals surface area (Å²) in [5, 5.41) is 3.75. The molecular weight excluding hydrogens is 304 g/mol. The molecule has 0 spiro atoms. The van der Waals surface area contributed by atoms with E-state index in [0.29, 0.717) is 0 Å². The van der Waals surface area contributed by atoms with Gasteiger partial charge in [-0.25, -0.2) is 0 Å². The van der Waals surface area contributed by atoms with Crippen molar-refractivity contribution in [2.45, 2.75) is 13.8 Å². The van der Waals surface area contributed by atoms with Gasteiger partial charge in [0, 0.05) is 28.9 Å². The van der Waals surface area contributed by atoms with E-state index in [1.54, 1.807) is 0 Å². The van der Waals surface area contributed by atoms with E-state index in [4.69, 9.17) is 0 Å². The van der Waals surface area contributed by atoms with Gasteiger partial charge in [-0.15, -0.1) is 0 Å². The summed E-state index contributed by atoms with van der Waals surface area (Å²) in [6.07, 6.45) is 4.19. The second kappa shape index (κ2) is 5.18. The maximum Gasteiger partial charge on any atom is 0.0705 e. The van der Waals surface area contributed by atoms with Crippen molar-refractivity contribution in [2.24, 2.45) is 0 Å². The lowest BCUT2D eigenvalue weighted by atomic mass is 10.0. The van der Waals surface area contributed by atoms with E-state index in [0.717, 1.165) is 11.3 Å². The molecule has 5 rings (SSSR count). The van der Waals surface area contributed by atoms with Gasteiger partial charge >= 0.3 is 0 Å². The Morgan fingerprint density at radius 1 is 0.760 bits per heavy atom. The molecule has 0 amide bonds. The third-order valence-electron chi connectivity index (χ3n) is 5.10. The third-order valence-corrected chi connectivity index (χ3v) is 5.10. The number of rotatable bonds is 1. The molecule has 0 saturated carbocycles. The van der Waals surface area contributed by atoms with Gasteiger partial charge in [0.15, 0.2) is 0 Å². The molecular formula is C23H18N2. The Kier molecular flexibility index (Phi) is 2.95. The van der Waals surface area contributed by atoms with Crippen LogP contribution in [0.5, 0.6) is 0 Å². The van der Waals surface area contributed by atoms with E-state index in [1.807, 2.05) is 6.20 Å². The molecule has 2 aromatic carbocycles. The van der Waals surface area contributed by atoms with Crippen LogP contribution in [0.25, 0.3) is 38.4 Å². The van der Waals surface area contributed by atoms with Crippen LogP contribution in [0, 0.1) is 13.8 Å². The fraction of sp³-hybridized carbons (Fsp3) is 0.0870. The van der Waals surface area contributed by atoms with Gasteiger partial charge in [0.1, 0.15) is 0 Å². The lowest BCUT2D eigenvalue weighted by molar-refractivity contribution is 1.22. The summed E-state index contributed by atoms with van der Waals surface area (Å²) in [7, 11) is 0. The van der Waals surface area contributed by atoms with Gasteiger partial charge in [-0.2, -0.15) is 0 Å². The number of hydrogen-bond acceptors (Lipinski definition) is 1. The highest BCUT2D eigenvalue weighted by atomic mass is 14.9. The largest absolute Gasteiger partial charge is 0.316 e. The van der Waals surface area contributed by atoms with Gasteiger partial charge in [-0.3, -0.25) is 4.98 Å². The highest BCUT2D eigenvalue weighted by Gasteiger charge is 2.06. The van der Waals surface area contributed by atoms with Crippen LogP contribution >= 0.6 is 0 Å². The molecule has 0 bridgehead atoms. The van der Waals surface area contributed by atoms with Crippen molar-refractivity contribution in [2.75, 3.05) is 0 Å². The average molecular weight is 322 g/mol. The fourth-order valence-electron chi connectivity index (χ4n) is 3.51. The van der Waals surface area contributed by atoms with E-state index < -0.39 is 0 Å². The average Bonchev–Trinajstić information content (AvgIpc) is 2.99. The molecule has 0 N–H and O–H groups in total. The fourth-order valence-corrected chi connectivity index (χ4v) is 3.51. The molecule has 3 aromatic heterocycles. The number of para-hydroxylation sites is 1. The van der Waals surface area contributed by atoms with Crippen LogP contribution in [0.15, 0.2) is 73.1 Å². The summed E-state index contributed by atoms with van der Waals surface area (Å²) in [5.41, 5.74) is 7.16. The van der Waals surface area contributed by atoms with Gasteiger partial charge < -0.3 is 4.40 Å². The summed E-state index contributed by atoms with van der Waals surface area (Å²) >= 11 is 0. The Labute approximate surface area is 146 Å². The highest BCUT2D eigenvalue weighted by Crippen LogP contribution is 2.28. The normalized spacial score (nSPS) is 11.6. The molecule has 0 aliphatic heterocycles. The molecule has 2 nitrogen and oxygen atoms in total. The van der Waals surface area contributed by atoms with Crippen LogP contribution in [0.3, 0.4) is 0 Å². The van der Waals surface area contributed by atoms with E-state index in [1.165, 1.54) is 38.3 Å². The zero-order valence-electron chi connectivity index (χ0n) is 14.3. The first-order chi connectivity index (χ1) is 12.2.